The van der Waals surface area contributed by atoms with Gasteiger partial charge in [-0.25, -0.2) is 0 Å². The summed E-state index contributed by atoms with van der Waals surface area (Å²) in [5.74, 6) is 0. The first kappa shape index (κ1) is 9.70. The Morgan fingerprint density at radius 3 is 3.00 bits per heavy atom. The average molecular weight is 235 g/mol. The number of aliphatic hydroxyl groups is 1. The topological polar surface area (TPSA) is 47.3 Å². The number of aliphatic hydroxyl groups excluding tert-OH is 1. The number of rotatable bonds is 4. The van der Waals surface area contributed by atoms with Crippen LogP contribution < -0.4 is 0 Å². The summed E-state index contributed by atoms with van der Waals surface area (Å²) < 4.78 is 7.50. The predicted molar refractivity (Wildman–Crippen MR) is 47.9 cm³/mol. The van der Waals surface area contributed by atoms with Gasteiger partial charge in [0.1, 0.15) is 0 Å². The number of ether oxygens (including phenoxy) is 1. The molecular weight excluding hydrogens is 224 g/mol. The molecule has 0 aromatic carbocycles. The molecule has 0 spiro atoms. The molecule has 0 aliphatic carbocycles. The van der Waals surface area contributed by atoms with Gasteiger partial charge in [0.15, 0.2) is 0 Å². The molecule has 0 aliphatic heterocycles. The van der Waals surface area contributed by atoms with Crippen LogP contribution in [0.15, 0.2) is 16.9 Å². The first-order valence-corrected chi connectivity index (χ1v) is 4.36. The fourth-order valence-electron chi connectivity index (χ4n) is 0.920. The van der Waals surface area contributed by atoms with E-state index in [1.807, 2.05) is 0 Å². The zero-order valence-corrected chi connectivity index (χ0v) is 8.36. The lowest BCUT2D eigenvalue weighted by Gasteiger charge is -2.12. The summed E-state index contributed by atoms with van der Waals surface area (Å²) in [4.78, 5) is 0. The third-order valence-electron chi connectivity index (χ3n) is 1.51. The molecule has 0 bridgehead atoms. The Morgan fingerprint density at radius 2 is 2.58 bits per heavy atom. The lowest BCUT2D eigenvalue weighted by Crippen LogP contribution is -2.18. The Labute approximate surface area is 79.3 Å². The molecular formula is C7H11BrN2O2. The zero-order valence-electron chi connectivity index (χ0n) is 6.77. The van der Waals surface area contributed by atoms with Gasteiger partial charge in [0.25, 0.3) is 0 Å². The second kappa shape index (κ2) is 4.59. The highest BCUT2D eigenvalue weighted by atomic mass is 79.9. The van der Waals surface area contributed by atoms with Crippen molar-refractivity contribution in [3.63, 3.8) is 0 Å². The Morgan fingerprint density at radius 1 is 1.83 bits per heavy atom. The van der Waals surface area contributed by atoms with Crippen LogP contribution in [0.3, 0.4) is 0 Å². The molecule has 0 aliphatic rings. The summed E-state index contributed by atoms with van der Waals surface area (Å²) in [6, 6.07) is -0.0960. The van der Waals surface area contributed by atoms with Crippen LogP contribution in [-0.2, 0) is 4.74 Å². The lowest BCUT2D eigenvalue weighted by molar-refractivity contribution is 0.108. The minimum Gasteiger partial charge on any atom is -0.394 e. The summed E-state index contributed by atoms with van der Waals surface area (Å²) in [6.07, 6.45) is 3.48. The van der Waals surface area contributed by atoms with Crippen LogP contribution >= 0.6 is 15.9 Å². The van der Waals surface area contributed by atoms with E-state index >= 15 is 0 Å². The minimum absolute atomic E-state index is 0.0297. The van der Waals surface area contributed by atoms with Crippen molar-refractivity contribution in [3.8, 4) is 0 Å². The van der Waals surface area contributed by atoms with Crippen molar-refractivity contribution >= 4 is 15.9 Å². The molecule has 1 aromatic rings. The summed E-state index contributed by atoms with van der Waals surface area (Å²) in [7, 11) is 1.60. The monoisotopic (exact) mass is 234 g/mol. The van der Waals surface area contributed by atoms with Crippen LogP contribution in [0, 0.1) is 0 Å². The molecule has 1 atom stereocenters. The van der Waals surface area contributed by atoms with Crippen LogP contribution in [0.1, 0.15) is 6.04 Å². The van der Waals surface area contributed by atoms with E-state index in [0.717, 1.165) is 4.47 Å². The molecule has 5 heteroatoms. The molecule has 0 saturated heterocycles. The Kier molecular flexibility index (Phi) is 3.71. The number of hydrogen-bond donors (Lipinski definition) is 1. The lowest BCUT2D eigenvalue weighted by atomic mass is 10.3. The van der Waals surface area contributed by atoms with Gasteiger partial charge in [-0.1, -0.05) is 0 Å². The van der Waals surface area contributed by atoms with E-state index in [-0.39, 0.29) is 12.6 Å². The average Bonchev–Trinajstić information content (AvgIpc) is 2.47. The molecule has 68 valence electrons. The van der Waals surface area contributed by atoms with E-state index < -0.39 is 0 Å². The Bertz CT molecular complexity index is 239. The molecule has 4 nitrogen and oxygen atoms in total. The molecule has 1 heterocycles. The van der Waals surface area contributed by atoms with E-state index in [1.54, 1.807) is 24.2 Å². The number of hydrogen-bond acceptors (Lipinski definition) is 3. The highest BCUT2D eigenvalue weighted by Gasteiger charge is 2.09. The summed E-state index contributed by atoms with van der Waals surface area (Å²) in [5.41, 5.74) is 0. The van der Waals surface area contributed by atoms with E-state index in [4.69, 9.17) is 9.84 Å². The largest absolute Gasteiger partial charge is 0.394 e. The predicted octanol–water partition coefficient (Wildman–Crippen LogP) is 0.825. The van der Waals surface area contributed by atoms with Crippen molar-refractivity contribution < 1.29 is 9.84 Å². The summed E-state index contributed by atoms with van der Waals surface area (Å²) in [5, 5.41) is 13.0. The van der Waals surface area contributed by atoms with Gasteiger partial charge in [-0.05, 0) is 15.9 Å². The van der Waals surface area contributed by atoms with Gasteiger partial charge in [-0.15, -0.1) is 0 Å². The van der Waals surface area contributed by atoms with Crippen molar-refractivity contribution in [3.05, 3.63) is 16.9 Å². The van der Waals surface area contributed by atoms with Crippen molar-refractivity contribution in [1.82, 2.24) is 9.78 Å². The summed E-state index contributed by atoms with van der Waals surface area (Å²) >= 11 is 3.27. The van der Waals surface area contributed by atoms with Crippen molar-refractivity contribution in [2.24, 2.45) is 0 Å². The Balaban J connectivity index is 2.66. The molecule has 0 radical (unpaired) electrons. The van der Waals surface area contributed by atoms with Gasteiger partial charge >= 0.3 is 0 Å². The highest BCUT2D eigenvalue weighted by Crippen LogP contribution is 2.11. The molecule has 0 amide bonds. The SMILES string of the molecule is COCC(CO)n1cc(Br)cn1. The molecule has 0 saturated carbocycles. The maximum absolute atomic E-state index is 8.96. The van der Waals surface area contributed by atoms with Crippen LogP contribution in [0.2, 0.25) is 0 Å². The van der Waals surface area contributed by atoms with Crippen LogP contribution in [0.25, 0.3) is 0 Å². The zero-order chi connectivity index (χ0) is 8.97. The highest BCUT2D eigenvalue weighted by molar-refractivity contribution is 9.10. The van der Waals surface area contributed by atoms with Crippen LogP contribution in [-0.4, -0.2) is 35.2 Å². The van der Waals surface area contributed by atoms with Gasteiger partial charge in [0.05, 0.1) is 29.9 Å². The number of aromatic nitrogens is 2. The fourth-order valence-corrected chi connectivity index (χ4v) is 1.22. The van der Waals surface area contributed by atoms with Crippen LogP contribution in [0.5, 0.6) is 0 Å². The maximum atomic E-state index is 8.96. The summed E-state index contributed by atoms with van der Waals surface area (Å²) in [6.45, 7) is 0.493. The maximum Gasteiger partial charge on any atom is 0.0982 e. The molecule has 1 aromatic heterocycles. The fraction of sp³-hybridized carbons (Fsp3) is 0.571. The van der Waals surface area contributed by atoms with Gasteiger partial charge in [0.2, 0.25) is 0 Å². The third kappa shape index (κ3) is 2.30. The van der Waals surface area contributed by atoms with Crippen molar-refractivity contribution in [2.75, 3.05) is 20.3 Å². The number of methoxy groups -OCH3 is 1. The van der Waals surface area contributed by atoms with E-state index in [0.29, 0.717) is 6.61 Å². The number of halogens is 1. The molecule has 1 rings (SSSR count). The first-order valence-electron chi connectivity index (χ1n) is 3.57. The quantitative estimate of drug-likeness (QED) is 0.840. The third-order valence-corrected chi connectivity index (χ3v) is 1.92. The van der Waals surface area contributed by atoms with Crippen molar-refractivity contribution in [1.29, 1.82) is 0 Å². The molecule has 1 unspecified atom stereocenters. The van der Waals surface area contributed by atoms with E-state index in [9.17, 15) is 0 Å². The van der Waals surface area contributed by atoms with Gasteiger partial charge < -0.3 is 9.84 Å². The molecule has 1 N–H and O–H groups in total. The second-order valence-electron chi connectivity index (χ2n) is 2.43. The standard InChI is InChI=1S/C7H11BrN2O2/c1-12-5-7(4-11)10-3-6(8)2-9-10/h2-3,7,11H,4-5H2,1H3. The minimum atomic E-state index is -0.0960. The van der Waals surface area contributed by atoms with E-state index in [1.165, 1.54) is 0 Å². The second-order valence-corrected chi connectivity index (χ2v) is 3.35. The molecule has 0 fully saturated rings. The van der Waals surface area contributed by atoms with Crippen molar-refractivity contribution in [2.45, 2.75) is 6.04 Å². The van der Waals surface area contributed by atoms with Crippen LogP contribution in [0.4, 0.5) is 0 Å². The van der Waals surface area contributed by atoms with Gasteiger partial charge in [0, 0.05) is 13.3 Å². The van der Waals surface area contributed by atoms with Gasteiger partial charge in [-0.3, -0.25) is 4.68 Å². The molecule has 12 heavy (non-hydrogen) atoms. The smallest absolute Gasteiger partial charge is 0.0982 e. The van der Waals surface area contributed by atoms with E-state index in [2.05, 4.69) is 21.0 Å². The normalized spacial score (nSPS) is 13.2. The Hall–Kier alpha value is -0.390. The van der Waals surface area contributed by atoms with Gasteiger partial charge in [-0.2, -0.15) is 5.10 Å². The first-order chi connectivity index (χ1) is 5.77. The number of nitrogens with zero attached hydrogens (tertiary/aromatic N) is 2.